The van der Waals surface area contributed by atoms with Gasteiger partial charge in [-0.3, -0.25) is 0 Å². The summed E-state index contributed by atoms with van der Waals surface area (Å²) in [4.78, 5) is 2.52. The van der Waals surface area contributed by atoms with E-state index in [4.69, 9.17) is 23.2 Å². The Balaban J connectivity index is 1.58. The highest BCUT2D eigenvalue weighted by molar-refractivity contribution is 7.91. The average Bonchev–Trinajstić information content (AvgIpc) is 3.17. The number of rotatable bonds is 5. The predicted octanol–water partition coefficient (Wildman–Crippen LogP) is 4.16. The molecule has 1 saturated carbocycles. The largest absolute Gasteiger partial charge is 0.300 e. The van der Waals surface area contributed by atoms with E-state index in [1.807, 2.05) is 0 Å². The lowest BCUT2D eigenvalue weighted by Crippen LogP contribution is -2.41. The number of nitrogens with one attached hydrogen (secondary N) is 1. The zero-order valence-electron chi connectivity index (χ0n) is 13.7. The van der Waals surface area contributed by atoms with Gasteiger partial charge in [-0.25, -0.2) is 13.1 Å². The van der Waals surface area contributed by atoms with E-state index in [0.29, 0.717) is 15.1 Å². The second-order valence-corrected chi connectivity index (χ2v) is 11.1. The number of piperidine rings is 1. The van der Waals surface area contributed by atoms with Crippen molar-refractivity contribution in [1.82, 2.24) is 9.62 Å². The van der Waals surface area contributed by atoms with Crippen molar-refractivity contribution in [2.45, 2.75) is 60.2 Å². The van der Waals surface area contributed by atoms with Crippen LogP contribution < -0.4 is 4.72 Å². The van der Waals surface area contributed by atoms with Crippen molar-refractivity contribution < 1.29 is 8.42 Å². The molecule has 1 aromatic heterocycles. The molecule has 0 amide bonds. The molecule has 0 radical (unpaired) electrons. The van der Waals surface area contributed by atoms with Crippen LogP contribution in [0.4, 0.5) is 0 Å². The van der Waals surface area contributed by atoms with Crippen LogP contribution in [0, 0.1) is 5.92 Å². The minimum Gasteiger partial charge on any atom is -0.300 e. The second-order valence-electron chi connectivity index (χ2n) is 6.96. The highest BCUT2D eigenvalue weighted by atomic mass is 35.5. The van der Waals surface area contributed by atoms with Gasteiger partial charge in [-0.15, -0.1) is 11.3 Å². The lowest BCUT2D eigenvalue weighted by Gasteiger charge is -2.35. The maximum Gasteiger partial charge on any atom is 0.250 e. The Labute approximate surface area is 158 Å². The van der Waals surface area contributed by atoms with Crippen LogP contribution in [0.5, 0.6) is 0 Å². The summed E-state index contributed by atoms with van der Waals surface area (Å²) in [6.07, 6.45) is 5.38. The first kappa shape index (κ1) is 18.9. The number of hydrogen-bond acceptors (Lipinski definition) is 4. The third kappa shape index (κ3) is 4.46. The van der Waals surface area contributed by atoms with Crippen molar-refractivity contribution in [2.24, 2.45) is 5.92 Å². The fraction of sp³-hybridized carbons (Fsp3) is 0.750. The topological polar surface area (TPSA) is 49.4 Å². The van der Waals surface area contributed by atoms with Crippen LogP contribution >= 0.6 is 34.5 Å². The van der Waals surface area contributed by atoms with E-state index < -0.39 is 14.9 Å². The summed E-state index contributed by atoms with van der Waals surface area (Å²) in [7, 11) is -3.49. The van der Waals surface area contributed by atoms with Crippen LogP contribution in [-0.4, -0.2) is 38.5 Å². The number of nitrogens with zero attached hydrogens (tertiary/aromatic N) is 1. The number of thiophene rings is 1. The third-order valence-corrected chi connectivity index (χ3v) is 9.03. The van der Waals surface area contributed by atoms with Crippen molar-refractivity contribution in [3.05, 3.63) is 17.0 Å². The van der Waals surface area contributed by atoms with Gasteiger partial charge in [-0.05, 0) is 63.2 Å². The van der Waals surface area contributed by atoms with Crippen molar-refractivity contribution in [3.8, 4) is 0 Å². The highest BCUT2D eigenvalue weighted by Crippen LogP contribution is 2.34. The number of likely N-dealkylation sites (tertiary alicyclic amines) is 1. The Hall–Kier alpha value is 0.150. The van der Waals surface area contributed by atoms with Gasteiger partial charge in [0.25, 0.3) is 0 Å². The van der Waals surface area contributed by atoms with Crippen molar-refractivity contribution in [2.75, 3.05) is 13.1 Å². The molecule has 24 heavy (non-hydrogen) atoms. The smallest absolute Gasteiger partial charge is 0.250 e. The van der Waals surface area contributed by atoms with E-state index in [-0.39, 0.29) is 6.04 Å². The van der Waals surface area contributed by atoms with Gasteiger partial charge in [-0.1, -0.05) is 30.1 Å². The maximum absolute atomic E-state index is 12.5. The van der Waals surface area contributed by atoms with E-state index in [1.165, 1.54) is 12.8 Å². The summed E-state index contributed by atoms with van der Waals surface area (Å²) in [5.74, 6) is 0.817. The molecule has 4 nitrogen and oxygen atoms in total. The first-order valence-electron chi connectivity index (χ1n) is 8.49. The van der Waals surface area contributed by atoms with Gasteiger partial charge >= 0.3 is 0 Å². The Bertz CT molecular complexity index is 655. The van der Waals surface area contributed by atoms with E-state index in [2.05, 4.69) is 16.5 Å². The van der Waals surface area contributed by atoms with Gasteiger partial charge in [0.2, 0.25) is 10.0 Å². The molecule has 1 aliphatic heterocycles. The molecule has 2 heterocycles. The summed E-state index contributed by atoms with van der Waals surface area (Å²) in [6, 6.07) is 3.79. The zero-order valence-corrected chi connectivity index (χ0v) is 16.9. The number of hydrogen-bond donors (Lipinski definition) is 1. The SMILES string of the molecule is CC1CCN(C2CCC(NS(=O)(=O)c3ccc(C(Cl)Cl)s3)C2)CC1. The average molecular weight is 411 g/mol. The van der Waals surface area contributed by atoms with Crippen LogP contribution in [0.1, 0.15) is 48.7 Å². The molecule has 1 N–H and O–H groups in total. The molecule has 2 unspecified atom stereocenters. The Morgan fingerprint density at radius 3 is 2.54 bits per heavy atom. The second kappa shape index (κ2) is 7.80. The fourth-order valence-corrected chi connectivity index (χ4v) is 6.56. The van der Waals surface area contributed by atoms with Crippen molar-refractivity contribution >= 4 is 44.6 Å². The highest BCUT2D eigenvalue weighted by Gasteiger charge is 2.33. The molecule has 2 fully saturated rings. The van der Waals surface area contributed by atoms with Crippen LogP contribution in [0.3, 0.4) is 0 Å². The van der Waals surface area contributed by atoms with Gasteiger partial charge in [-0.2, -0.15) is 0 Å². The van der Waals surface area contributed by atoms with E-state index in [0.717, 1.165) is 49.6 Å². The quantitative estimate of drug-likeness (QED) is 0.741. The lowest BCUT2D eigenvalue weighted by atomic mass is 9.97. The van der Waals surface area contributed by atoms with Crippen molar-refractivity contribution in [1.29, 1.82) is 0 Å². The van der Waals surface area contributed by atoms with Gasteiger partial charge < -0.3 is 4.90 Å². The molecule has 8 heteroatoms. The molecule has 1 aliphatic carbocycles. The summed E-state index contributed by atoms with van der Waals surface area (Å²) in [5, 5.41) is 0. The number of halogens is 2. The molecule has 3 rings (SSSR count). The molecule has 2 aliphatic rings. The fourth-order valence-electron chi connectivity index (χ4n) is 3.66. The van der Waals surface area contributed by atoms with Gasteiger partial charge in [0, 0.05) is 17.0 Å². The Kier molecular flexibility index (Phi) is 6.15. The molecular formula is C16H24Cl2N2O2S2. The van der Waals surface area contributed by atoms with E-state index >= 15 is 0 Å². The van der Waals surface area contributed by atoms with Gasteiger partial charge in [0.05, 0.1) is 0 Å². The van der Waals surface area contributed by atoms with E-state index in [1.54, 1.807) is 12.1 Å². The van der Waals surface area contributed by atoms with Gasteiger partial charge in [0.1, 0.15) is 9.05 Å². The predicted molar refractivity (Wildman–Crippen MR) is 100 cm³/mol. The van der Waals surface area contributed by atoms with Crippen molar-refractivity contribution in [3.63, 3.8) is 0 Å². The first-order valence-corrected chi connectivity index (χ1v) is 11.7. The van der Waals surface area contributed by atoms with Gasteiger partial charge in [0.15, 0.2) is 0 Å². The monoisotopic (exact) mass is 410 g/mol. The standard InChI is InChI=1S/C16H24Cl2N2O2S2/c1-11-6-8-20(9-7-11)13-3-2-12(10-13)19-24(21,22)15-5-4-14(23-15)16(17)18/h4-5,11-13,16,19H,2-3,6-10H2,1H3. The first-order chi connectivity index (χ1) is 11.3. The third-order valence-electron chi connectivity index (χ3n) is 5.14. The molecule has 0 bridgehead atoms. The summed E-state index contributed by atoms with van der Waals surface area (Å²) < 4.78 is 28.3. The summed E-state index contributed by atoms with van der Waals surface area (Å²) in [6.45, 7) is 4.60. The Morgan fingerprint density at radius 2 is 1.92 bits per heavy atom. The molecule has 2 atom stereocenters. The molecule has 136 valence electrons. The van der Waals surface area contributed by atoms with Crippen LogP contribution in [0.15, 0.2) is 16.3 Å². The minimum atomic E-state index is -3.49. The molecule has 1 aromatic rings. The van der Waals surface area contributed by atoms with Crippen LogP contribution in [0.25, 0.3) is 0 Å². The zero-order chi connectivity index (χ0) is 17.3. The summed E-state index contributed by atoms with van der Waals surface area (Å²) in [5.41, 5.74) is 0. The Morgan fingerprint density at radius 1 is 1.21 bits per heavy atom. The number of alkyl halides is 2. The molecule has 1 saturated heterocycles. The number of sulfonamides is 1. The van der Waals surface area contributed by atoms with Crippen LogP contribution in [0.2, 0.25) is 0 Å². The summed E-state index contributed by atoms with van der Waals surface area (Å²) >= 11 is 12.8. The van der Waals surface area contributed by atoms with Crippen LogP contribution in [-0.2, 0) is 10.0 Å². The lowest BCUT2D eigenvalue weighted by molar-refractivity contribution is 0.139. The minimum absolute atomic E-state index is 0.0210. The maximum atomic E-state index is 12.5. The van der Waals surface area contributed by atoms with E-state index in [9.17, 15) is 8.42 Å². The molecular weight excluding hydrogens is 387 g/mol. The molecule has 0 aromatic carbocycles. The normalized spacial score (nSPS) is 27.2. The molecule has 0 spiro atoms.